The fourth-order valence-corrected chi connectivity index (χ4v) is 2.78. The summed E-state index contributed by atoms with van der Waals surface area (Å²) in [4.78, 5) is 19.6. The van der Waals surface area contributed by atoms with Crippen molar-refractivity contribution in [1.82, 2.24) is 14.7 Å². The summed E-state index contributed by atoms with van der Waals surface area (Å²) in [5.41, 5.74) is 12.9. The Labute approximate surface area is 150 Å². The largest absolute Gasteiger partial charge is 0.391 e. The van der Waals surface area contributed by atoms with Gasteiger partial charge in [-0.3, -0.25) is 4.79 Å². The van der Waals surface area contributed by atoms with Crippen molar-refractivity contribution in [3.8, 4) is 11.3 Å². The molecule has 10 heteroatoms. The van der Waals surface area contributed by atoms with E-state index in [1.165, 1.54) is 19.3 Å². The number of nitrogen functional groups attached to an aromatic ring is 1. The van der Waals surface area contributed by atoms with Crippen molar-refractivity contribution in [2.75, 3.05) is 5.73 Å². The second-order valence-corrected chi connectivity index (χ2v) is 7.10. The number of carbonyl (C=O) groups is 1. The Morgan fingerprint density at radius 2 is 2.04 bits per heavy atom. The number of aliphatic hydroxyl groups excluding tert-OH is 1. The summed E-state index contributed by atoms with van der Waals surface area (Å²) >= 11 is 0. The molecule has 1 aromatic carbocycles. The molecule has 0 aliphatic heterocycles. The molecule has 9 nitrogen and oxygen atoms in total. The van der Waals surface area contributed by atoms with Crippen molar-refractivity contribution in [1.29, 1.82) is 0 Å². The number of carbonyl (C=O) groups excluding carboxylic acids is 1. The molecule has 0 saturated heterocycles. The molecule has 1 aromatic heterocycles. The molecule has 138 valence electrons. The van der Waals surface area contributed by atoms with Gasteiger partial charge in [0.05, 0.1) is 17.2 Å². The first-order valence-electron chi connectivity index (χ1n) is 7.54. The van der Waals surface area contributed by atoms with Crippen LogP contribution >= 0.6 is 0 Å². The Morgan fingerprint density at radius 3 is 2.69 bits per heavy atom. The molecule has 6 N–H and O–H groups in total. The van der Waals surface area contributed by atoms with Gasteiger partial charge in [0.25, 0.3) is 15.9 Å². The SMILES string of the molecule is C[C@@H](O)[C@H](N)C(=O)NS(=O)(=O)/C=C/c1cccc(-c2cc(N)ncn2)c1. The minimum atomic E-state index is -4.06. The number of anilines is 1. The van der Waals surface area contributed by atoms with Crippen LogP contribution < -0.4 is 16.2 Å². The van der Waals surface area contributed by atoms with Crippen molar-refractivity contribution in [3.63, 3.8) is 0 Å². The topological polar surface area (TPSA) is 161 Å². The number of nitrogens with two attached hydrogens (primary N) is 2. The Hall–Kier alpha value is -2.82. The lowest BCUT2D eigenvalue weighted by atomic mass is 10.1. The van der Waals surface area contributed by atoms with Crippen LogP contribution in [0.15, 0.2) is 42.1 Å². The van der Waals surface area contributed by atoms with Gasteiger partial charge in [-0.15, -0.1) is 0 Å². The molecule has 2 rings (SSSR count). The number of hydrogen-bond acceptors (Lipinski definition) is 8. The van der Waals surface area contributed by atoms with Gasteiger partial charge < -0.3 is 16.6 Å². The van der Waals surface area contributed by atoms with Gasteiger partial charge in [-0.2, -0.15) is 0 Å². The second kappa shape index (κ2) is 8.04. The summed E-state index contributed by atoms with van der Waals surface area (Å²) in [6.45, 7) is 1.29. The molecule has 0 fully saturated rings. The van der Waals surface area contributed by atoms with Crippen LogP contribution in [0.3, 0.4) is 0 Å². The highest BCUT2D eigenvalue weighted by Crippen LogP contribution is 2.19. The van der Waals surface area contributed by atoms with Crippen molar-refractivity contribution in [2.24, 2.45) is 5.73 Å². The standard InChI is InChI=1S/C16H19N5O4S/c1-10(22)15(18)16(23)21-26(24,25)6-5-11-3-2-4-12(7-11)13-8-14(17)20-9-19-13/h2-10,15,22H,18H2,1H3,(H,21,23)(H2,17,19,20)/b6-5+/t10-,15+/m1/s1. The fraction of sp³-hybridized carbons (Fsp3) is 0.188. The van der Waals surface area contributed by atoms with Gasteiger partial charge in [-0.25, -0.2) is 23.1 Å². The fourth-order valence-electron chi connectivity index (χ4n) is 1.96. The third-order valence-electron chi connectivity index (χ3n) is 3.38. The number of sulfonamides is 1. The Morgan fingerprint density at radius 1 is 1.31 bits per heavy atom. The second-order valence-electron chi connectivity index (χ2n) is 5.53. The van der Waals surface area contributed by atoms with Crippen LogP contribution in [0.1, 0.15) is 12.5 Å². The highest BCUT2D eigenvalue weighted by Gasteiger charge is 2.22. The minimum absolute atomic E-state index is 0.315. The van der Waals surface area contributed by atoms with Crippen molar-refractivity contribution >= 4 is 27.8 Å². The maximum Gasteiger partial charge on any atom is 0.257 e. The monoisotopic (exact) mass is 377 g/mol. The summed E-state index contributed by atoms with van der Waals surface area (Å²) in [5.74, 6) is -0.675. The van der Waals surface area contributed by atoms with E-state index in [1.54, 1.807) is 35.1 Å². The van der Waals surface area contributed by atoms with Gasteiger partial charge in [0.1, 0.15) is 18.2 Å². The molecule has 1 heterocycles. The quantitative estimate of drug-likeness (QED) is 0.540. The lowest BCUT2D eigenvalue weighted by Gasteiger charge is -2.13. The maximum absolute atomic E-state index is 11.9. The van der Waals surface area contributed by atoms with E-state index in [9.17, 15) is 18.3 Å². The minimum Gasteiger partial charge on any atom is -0.391 e. The third-order valence-corrected chi connectivity index (χ3v) is 4.36. The number of aromatic nitrogens is 2. The van der Waals surface area contributed by atoms with Gasteiger partial charge in [0, 0.05) is 11.6 Å². The summed E-state index contributed by atoms with van der Waals surface area (Å²) in [5, 5.41) is 10.1. The summed E-state index contributed by atoms with van der Waals surface area (Å²) in [6, 6.07) is 7.15. The van der Waals surface area contributed by atoms with Gasteiger partial charge in [0.15, 0.2) is 0 Å². The number of benzene rings is 1. The highest BCUT2D eigenvalue weighted by molar-refractivity contribution is 7.93. The molecule has 0 aliphatic carbocycles. The lowest BCUT2D eigenvalue weighted by Crippen LogP contribution is -2.48. The zero-order valence-electron chi connectivity index (χ0n) is 13.9. The maximum atomic E-state index is 11.9. The first-order chi connectivity index (χ1) is 12.2. The van der Waals surface area contributed by atoms with Gasteiger partial charge in [-0.05, 0) is 24.6 Å². The van der Waals surface area contributed by atoms with Crippen molar-refractivity contribution in [2.45, 2.75) is 19.1 Å². The van der Waals surface area contributed by atoms with Gasteiger partial charge >= 0.3 is 0 Å². The molecular formula is C16H19N5O4S. The Bertz CT molecular complexity index is 928. The van der Waals surface area contributed by atoms with Crippen LogP contribution in [0.2, 0.25) is 0 Å². The number of hydrogen-bond donors (Lipinski definition) is 4. The average Bonchev–Trinajstić information content (AvgIpc) is 2.59. The van der Waals surface area contributed by atoms with E-state index < -0.39 is 28.1 Å². The van der Waals surface area contributed by atoms with Crippen LogP contribution in [0.4, 0.5) is 5.82 Å². The van der Waals surface area contributed by atoms with E-state index in [0.29, 0.717) is 17.1 Å². The van der Waals surface area contributed by atoms with E-state index in [0.717, 1.165) is 11.0 Å². The summed E-state index contributed by atoms with van der Waals surface area (Å²) in [7, 11) is -4.06. The molecule has 2 aromatic rings. The molecule has 1 amide bonds. The molecule has 0 bridgehead atoms. The Balaban J connectivity index is 2.17. The van der Waals surface area contributed by atoms with Gasteiger partial charge in [0.2, 0.25) is 0 Å². The molecule has 0 spiro atoms. The zero-order chi connectivity index (χ0) is 19.3. The number of aliphatic hydroxyl groups is 1. The molecular weight excluding hydrogens is 358 g/mol. The number of amides is 1. The van der Waals surface area contributed by atoms with E-state index >= 15 is 0 Å². The number of nitrogens with one attached hydrogen (secondary N) is 1. The lowest BCUT2D eigenvalue weighted by molar-refractivity contribution is -0.122. The number of rotatable bonds is 6. The normalized spacial score (nSPS) is 14.1. The van der Waals surface area contributed by atoms with Crippen LogP contribution in [0, 0.1) is 0 Å². The predicted molar refractivity (Wildman–Crippen MR) is 97.6 cm³/mol. The third kappa shape index (κ3) is 5.34. The van der Waals surface area contributed by atoms with E-state index in [1.807, 2.05) is 0 Å². The molecule has 2 atom stereocenters. The molecule has 0 radical (unpaired) electrons. The van der Waals surface area contributed by atoms with Gasteiger partial charge in [-0.1, -0.05) is 18.2 Å². The molecule has 26 heavy (non-hydrogen) atoms. The smallest absolute Gasteiger partial charge is 0.257 e. The molecule has 0 saturated carbocycles. The first kappa shape index (κ1) is 19.5. The zero-order valence-corrected chi connectivity index (χ0v) is 14.7. The van der Waals surface area contributed by atoms with Crippen molar-refractivity contribution < 1.29 is 18.3 Å². The number of nitrogens with zero attached hydrogens (tertiary/aromatic N) is 2. The first-order valence-corrected chi connectivity index (χ1v) is 9.09. The predicted octanol–water partition coefficient (Wildman–Crippen LogP) is -0.149. The summed E-state index contributed by atoms with van der Waals surface area (Å²) in [6.07, 6.45) is 1.47. The average molecular weight is 377 g/mol. The van der Waals surface area contributed by atoms with Crippen LogP contribution in [0.25, 0.3) is 17.3 Å². The van der Waals surface area contributed by atoms with E-state index in [4.69, 9.17) is 11.5 Å². The Kier molecular flexibility index (Phi) is 6.03. The molecule has 0 aliphatic rings. The van der Waals surface area contributed by atoms with E-state index in [2.05, 4.69) is 9.97 Å². The van der Waals surface area contributed by atoms with Crippen LogP contribution in [-0.4, -0.2) is 41.5 Å². The van der Waals surface area contributed by atoms with E-state index in [-0.39, 0.29) is 0 Å². The van der Waals surface area contributed by atoms with Crippen LogP contribution in [0.5, 0.6) is 0 Å². The summed E-state index contributed by atoms with van der Waals surface area (Å²) < 4.78 is 25.7. The van der Waals surface area contributed by atoms with Crippen molar-refractivity contribution in [3.05, 3.63) is 47.6 Å². The molecule has 0 unspecified atom stereocenters. The highest BCUT2D eigenvalue weighted by atomic mass is 32.2. The van der Waals surface area contributed by atoms with Crippen LogP contribution in [-0.2, 0) is 14.8 Å².